The van der Waals surface area contributed by atoms with Crippen LogP contribution in [-0.4, -0.2) is 0 Å². The first-order valence-corrected chi connectivity index (χ1v) is 8.39. The highest BCUT2D eigenvalue weighted by Crippen LogP contribution is 2.62. The molecule has 4 fully saturated rings. The summed E-state index contributed by atoms with van der Waals surface area (Å²) in [6.45, 7) is 2.24. The Morgan fingerprint density at radius 2 is 1.72 bits per heavy atom. The van der Waals surface area contributed by atoms with Gasteiger partial charge in [0.05, 0.1) is 5.00 Å². The van der Waals surface area contributed by atoms with Crippen LogP contribution in [0.3, 0.4) is 0 Å². The van der Waals surface area contributed by atoms with E-state index in [1.54, 1.807) is 5.56 Å². The fourth-order valence-corrected chi connectivity index (χ4v) is 6.48. The van der Waals surface area contributed by atoms with Gasteiger partial charge in [-0.1, -0.05) is 6.92 Å². The molecule has 0 atom stereocenters. The third kappa shape index (κ3) is 1.51. The monoisotopic (exact) mass is 261 g/mol. The van der Waals surface area contributed by atoms with Crippen molar-refractivity contribution in [1.82, 2.24) is 0 Å². The average molecular weight is 261 g/mol. The van der Waals surface area contributed by atoms with Gasteiger partial charge in [0.1, 0.15) is 0 Å². The molecule has 0 aliphatic heterocycles. The molecule has 4 bridgehead atoms. The van der Waals surface area contributed by atoms with Crippen molar-refractivity contribution in [2.45, 2.75) is 57.3 Å². The lowest BCUT2D eigenvalue weighted by molar-refractivity contribution is -0.00469. The second-order valence-electron chi connectivity index (χ2n) is 7.04. The molecule has 1 aromatic rings. The van der Waals surface area contributed by atoms with Gasteiger partial charge < -0.3 is 5.73 Å². The van der Waals surface area contributed by atoms with E-state index in [0.717, 1.165) is 29.2 Å². The summed E-state index contributed by atoms with van der Waals surface area (Å²) < 4.78 is 0. The Labute approximate surface area is 114 Å². The van der Waals surface area contributed by atoms with Crippen LogP contribution in [0.4, 0.5) is 5.00 Å². The summed E-state index contributed by atoms with van der Waals surface area (Å²) in [6.07, 6.45) is 9.99. The van der Waals surface area contributed by atoms with Crippen molar-refractivity contribution in [3.05, 3.63) is 16.5 Å². The van der Waals surface area contributed by atoms with Crippen LogP contribution >= 0.6 is 11.3 Å². The van der Waals surface area contributed by atoms with Crippen molar-refractivity contribution in [3.63, 3.8) is 0 Å². The first-order chi connectivity index (χ1) is 8.68. The Kier molecular flexibility index (Phi) is 2.36. The van der Waals surface area contributed by atoms with E-state index in [-0.39, 0.29) is 0 Å². The topological polar surface area (TPSA) is 26.0 Å². The van der Waals surface area contributed by atoms with Crippen molar-refractivity contribution in [2.75, 3.05) is 5.73 Å². The average Bonchev–Trinajstić information content (AvgIpc) is 2.69. The number of aryl methyl sites for hydroxylation is 1. The molecule has 0 amide bonds. The highest BCUT2D eigenvalue weighted by Gasteiger charge is 2.52. The molecule has 0 radical (unpaired) electrons. The maximum absolute atomic E-state index is 6.36. The van der Waals surface area contributed by atoms with Crippen molar-refractivity contribution in [3.8, 4) is 0 Å². The van der Waals surface area contributed by atoms with Crippen LogP contribution in [0.5, 0.6) is 0 Å². The normalized spacial score (nSPS) is 41.5. The Morgan fingerprint density at radius 3 is 2.17 bits per heavy atom. The lowest BCUT2D eigenvalue weighted by atomic mass is 9.48. The van der Waals surface area contributed by atoms with Crippen molar-refractivity contribution in [1.29, 1.82) is 0 Å². The molecule has 0 spiro atoms. The van der Waals surface area contributed by atoms with Gasteiger partial charge in [-0.25, -0.2) is 0 Å². The Bertz CT molecular complexity index is 438. The molecular weight excluding hydrogens is 238 g/mol. The van der Waals surface area contributed by atoms with Gasteiger partial charge in [0.2, 0.25) is 0 Å². The molecule has 1 aromatic heterocycles. The number of nitrogen functional groups attached to an aromatic ring is 1. The maximum atomic E-state index is 6.36. The molecular formula is C16H23NS. The van der Waals surface area contributed by atoms with Crippen LogP contribution in [0.1, 0.15) is 55.9 Å². The Balaban J connectivity index is 1.76. The quantitative estimate of drug-likeness (QED) is 0.841. The fourth-order valence-electron chi connectivity index (χ4n) is 5.49. The van der Waals surface area contributed by atoms with Crippen LogP contribution < -0.4 is 5.73 Å². The number of hydrogen-bond acceptors (Lipinski definition) is 2. The summed E-state index contributed by atoms with van der Waals surface area (Å²) in [6, 6.07) is 2.45. The summed E-state index contributed by atoms with van der Waals surface area (Å²) >= 11 is 1.84. The van der Waals surface area contributed by atoms with Gasteiger partial charge in [0.25, 0.3) is 0 Å². The first-order valence-electron chi connectivity index (χ1n) is 7.57. The van der Waals surface area contributed by atoms with Gasteiger partial charge in [0.15, 0.2) is 0 Å². The van der Waals surface area contributed by atoms with Crippen LogP contribution in [0.2, 0.25) is 0 Å². The van der Waals surface area contributed by atoms with Gasteiger partial charge >= 0.3 is 0 Å². The zero-order valence-electron chi connectivity index (χ0n) is 11.2. The van der Waals surface area contributed by atoms with E-state index in [4.69, 9.17) is 5.73 Å². The number of nitrogens with two attached hydrogens (primary N) is 1. The minimum Gasteiger partial charge on any atom is -0.390 e. The molecule has 1 heterocycles. The fraction of sp³-hybridized carbons (Fsp3) is 0.750. The van der Waals surface area contributed by atoms with Crippen molar-refractivity contribution >= 4 is 16.3 Å². The first kappa shape index (κ1) is 11.3. The summed E-state index contributed by atoms with van der Waals surface area (Å²) in [4.78, 5) is 1.48. The van der Waals surface area contributed by atoms with E-state index >= 15 is 0 Å². The second kappa shape index (κ2) is 3.75. The summed E-state index contributed by atoms with van der Waals surface area (Å²) in [5.41, 5.74) is 8.39. The number of hydrogen-bond donors (Lipinski definition) is 1. The Hall–Kier alpha value is -0.500. The molecule has 1 nitrogen and oxygen atoms in total. The van der Waals surface area contributed by atoms with Crippen molar-refractivity contribution < 1.29 is 0 Å². The molecule has 0 unspecified atom stereocenters. The van der Waals surface area contributed by atoms with E-state index in [1.807, 2.05) is 11.3 Å². The molecule has 2 N–H and O–H groups in total. The SMILES string of the molecule is CCc1cc(C23CC4CC(CC(C4)C2)C3)c(N)s1. The van der Waals surface area contributed by atoms with Crippen LogP contribution in [0, 0.1) is 17.8 Å². The van der Waals surface area contributed by atoms with Gasteiger partial charge in [-0.2, -0.15) is 0 Å². The third-order valence-electron chi connectivity index (χ3n) is 5.77. The maximum Gasteiger partial charge on any atom is 0.0897 e. The predicted molar refractivity (Wildman–Crippen MR) is 78.0 cm³/mol. The largest absolute Gasteiger partial charge is 0.390 e. The van der Waals surface area contributed by atoms with Gasteiger partial charge in [-0.3, -0.25) is 0 Å². The zero-order valence-corrected chi connectivity index (χ0v) is 12.1. The van der Waals surface area contributed by atoms with E-state index in [9.17, 15) is 0 Å². The van der Waals surface area contributed by atoms with E-state index < -0.39 is 0 Å². The van der Waals surface area contributed by atoms with E-state index in [2.05, 4.69) is 13.0 Å². The summed E-state index contributed by atoms with van der Waals surface area (Å²) in [5.74, 6) is 3.04. The molecule has 4 saturated carbocycles. The second-order valence-corrected chi connectivity index (χ2v) is 8.21. The molecule has 2 heteroatoms. The molecule has 98 valence electrons. The predicted octanol–water partition coefficient (Wildman–Crippen LogP) is 4.36. The number of anilines is 1. The smallest absolute Gasteiger partial charge is 0.0897 e. The van der Waals surface area contributed by atoms with E-state index in [0.29, 0.717) is 5.41 Å². The standard InChI is InChI=1S/C16H23NS/c1-2-13-6-14(15(17)18-13)16-7-10-3-11(8-16)5-12(4-10)9-16/h6,10-12H,2-5,7-9,17H2,1H3. The number of rotatable bonds is 2. The highest BCUT2D eigenvalue weighted by atomic mass is 32.1. The lowest BCUT2D eigenvalue weighted by Crippen LogP contribution is -2.48. The van der Waals surface area contributed by atoms with Crippen LogP contribution in [-0.2, 0) is 11.8 Å². The van der Waals surface area contributed by atoms with Crippen LogP contribution in [0.15, 0.2) is 6.07 Å². The zero-order chi connectivity index (χ0) is 12.3. The van der Waals surface area contributed by atoms with Gasteiger partial charge in [-0.05, 0) is 79.7 Å². The summed E-state index contributed by atoms with van der Waals surface area (Å²) in [7, 11) is 0. The molecule has 5 rings (SSSR count). The molecule has 4 aliphatic carbocycles. The molecule has 0 saturated heterocycles. The summed E-state index contributed by atoms with van der Waals surface area (Å²) in [5, 5.41) is 1.13. The number of thiophene rings is 1. The lowest BCUT2D eigenvalue weighted by Gasteiger charge is -2.57. The molecule has 0 aromatic carbocycles. The molecule has 18 heavy (non-hydrogen) atoms. The van der Waals surface area contributed by atoms with Gasteiger partial charge in [-0.15, -0.1) is 11.3 Å². The van der Waals surface area contributed by atoms with Gasteiger partial charge in [0, 0.05) is 4.88 Å². The highest BCUT2D eigenvalue weighted by molar-refractivity contribution is 7.16. The Morgan fingerprint density at radius 1 is 1.17 bits per heavy atom. The van der Waals surface area contributed by atoms with Crippen LogP contribution in [0.25, 0.3) is 0 Å². The minimum absolute atomic E-state index is 0.489. The minimum atomic E-state index is 0.489. The molecule has 4 aliphatic rings. The van der Waals surface area contributed by atoms with E-state index in [1.165, 1.54) is 43.4 Å². The van der Waals surface area contributed by atoms with Crippen molar-refractivity contribution in [2.24, 2.45) is 17.8 Å². The third-order valence-corrected chi connectivity index (χ3v) is 6.88.